The van der Waals surface area contributed by atoms with Crippen LogP contribution in [-0.2, 0) is 0 Å². The zero-order chi connectivity index (χ0) is 19.8. The van der Waals surface area contributed by atoms with Crippen LogP contribution in [0.3, 0.4) is 0 Å². The van der Waals surface area contributed by atoms with Crippen molar-refractivity contribution in [3.05, 3.63) is 40.4 Å². The van der Waals surface area contributed by atoms with Gasteiger partial charge in [0.1, 0.15) is 11.5 Å². The zero-order valence-corrected chi connectivity index (χ0v) is 17.5. The maximum atomic E-state index is 12.8. The van der Waals surface area contributed by atoms with Gasteiger partial charge in [-0.2, -0.15) is 0 Å². The summed E-state index contributed by atoms with van der Waals surface area (Å²) in [4.78, 5) is 12.8. The molecule has 0 aliphatic carbocycles. The molecule has 2 aromatic carbocycles. The van der Waals surface area contributed by atoms with Gasteiger partial charge in [-0.25, -0.2) is 0 Å². The number of hydrogen-bond acceptors (Lipinski definition) is 5. The van der Waals surface area contributed by atoms with Gasteiger partial charge in [0.25, 0.3) is 5.91 Å². The fourth-order valence-corrected chi connectivity index (χ4v) is 2.97. The van der Waals surface area contributed by atoms with Crippen LogP contribution in [-0.4, -0.2) is 33.3 Å². The molecular weight excluding hydrogens is 414 g/mol. The highest BCUT2D eigenvalue weighted by atomic mass is 79.9. The summed E-state index contributed by atoms with van der Waals surface area (Å²) in [5.41, 5.74) is 0.946. The Morgan fingerprint density at radius 1 is 1.04 bits per heavy atom. The van der Waals surface area contributed by atoms with Crippen molar-refractivity contribution in [2.75, 3.05) is 32.8 Å². The third-order valence-corrected chi connectivity index (χ3v) is 4.27. The van der Waals surface area contributed by atoms with Crippen molar-refractivity contribution in [3.8, 4) is 23.0 Å². The highest BCUT2D eigenvalue weighted by Gasteiger charge is 2.17. The molecule has 146 valence electrons. The average Bonchev–Trinajstić information content (AvgIpc) is 2.67. The van der Waals surface area contributed by atoms with Gasteiger partial charge in [-0.15, -0.1) is 0 Å². The summed E-state index contributed by atoms with van der Waals surface area (Å²) < 4.78 is 22.6. The van der Waals surface area contributed by atoms with Gasteiger partial charge in [-0.1, -0.05) is 6.92 Å². The fraction of sp³-hybridized carbons (Fsp3) is 0.350. The lowest BCUT2D eigenvalue weighted by Gasteiger charge is -2.16. The third kappa shape index (κ3) is 5.29. The summed E-state index contributed by atoms with van der Waals surface area (Å²) in [6.07, 6.45) is 0.871. The van der Waals surface area contributed by atoms with E-state index in [0.717, 1.165) is 6.42 Å². The number of amides is 1. The van der Waals surface area contributed by atoms with E-state index in [-0.39, 0.29) is 5.91 Å². The molecule has 0 fully saturated rings. The van der Waals surface area contributed by atoms with E-state index >= 15 is 0 Å². The molecule has 7 heteroatoms. The molecule has 0 saturated carbocycles. The minimum atomic E-state index is -0.301. The van der Waals surface area contributed by atoms with Gasteiger partial charge in [0.05, 0.1) is 37.6 Å². The molecule has 1 N–H and O–H groups in total. The number of ether oxygens (including phenoxy) is 4. The Bertz CT molecular complexity index is 794. The van der Waals surface area contributed by atoms with Gasteiger partial charge < -0.3 is 24.3 Å². The van der Waals surface area contributed by atoms with Crippen molar-refractivity contribution in [1.29, 1.82) is 0 Å². The normalized spacial score (nSPS) is 10.3. The van der Waals surface area contributed by atoms with Gasteiger partial charge in [0, 0.05) is 11.6 Å². The Balaban J connectivity index is 2.33. The van der Waals surface area contributed by atoms with Crippen molar-refractivity contribution in [2.45, 2.75) is 20.3 Å². The zero-order valence-electron chi connectivity index (χ0n) is 15.9. The molecule has 1 amide bonds. The molecule has 2 aromatic rings. The van der Waals surface area contributed by atoms with Gasteiger partial charge in [0.15, 0.2) is 11.5 Å². The predicted molar refractivity (Wildman–Crippen MR) is 109 cm³/mol. The lowest BCUT2D eigenvalue weighted by atomic mass is 10.1. The SMILES string of the molecule is CCCOc1c(Br)cc(C(=O)Nc2cc(OC)ccc2OC)cc1OCC. The highest BCUT2D eigenvalue weighted by molar-refractivity contribution is 9.10. The highest BCUT2D eigenvalue weighted by Crippen LogP contribution is 2.37. The number of rotatable bonds is 9. The lowest BCUT2D eigenvalue weighted by molar-refractivity contribution is 0.102. The standard InChI is InChI=1S/C20H24BrNO5/c1-5-9-27-19-15(21)10-13(11-18(19)26-6-2)20(23)22-16-12-14(24-3)7-8-17(16)25-4/h7-8,10-12H,5-6,9H2,1-4H3,(H,22,23). The quantitative estimate of drug-likeness (QED) is 0.603. The Morgan fingerprint density at radius 3 is 2.44 bits per heavy atom. The van der Waals surface area contributed by atoms with Crippen LogP contribution in [0.15, 0.2) is 34.8 Å². The van der Waals surface area contributed by atoms with E-state index in [9.17, 15) is 4.79 Å². The van der Waals surface area contributed by atoms with Crippen LogP contribution in [0.1, 0.15) is 30.6 Å². The van der Waals surface area contributed by atoms with Crippen molar-refractivity contribution < 1.29 is 23.7 Å². The van der Waals surface area contributed by atoms with Crippen LogP contribution in [0, 0.1) is 0 Å². The van der Waals surface area contributed by atoms with Gasteiger partial charge in [-0.3, -0.25) is 4.79 Å². The minimum absolute atomic E-state index is 0.301. The van der Waals surface area contributed by atoms with Crippen LogP contribution in [0.2, 0.25) is 0 Å². The van der Waals surface area contributed by atoms with Crippen molar-refractivity contribution in [2.24, 2.45) is 0 Å². The first-order valence-corrected chi connectivity index (χ1v) is 9.45. The Morgan fingerprint density at radius 2 is 1.81 bits per heavy atom. The van der Waals surface area contributed by atoms with E-state index in [0.29, 0.717) is 51.9 Å². The van der Waals surface area contributed by atoms with Crippen LogP contribution in [0.25, 0.3) is 0 Å². The molecule has 27 heavy (non-hydrogen) atoms. The van der Waals surface area contributed by atoms with E-state index in [1.807, 2.05) is 13.8 Å². The number of nitrogens with one attached hydrogen (secondary N) is 1. The maximum absolute atomic E-state index is 12.8. The van der Waals surface area contributed by atoms with Gasteiger partial charge in [0.2, 0.25) is 0 Å². The molecule has 0 atom stereocenters. The summed E-state index contributed by atoms with van der Waals surface area (Å²) in [5.74, 6) is 1.96. The van der Waals surface area contributed by atoms with Gasteiger partial charge >= 0.3 is 0 Å². The first-order chi connectivity index (χ1) is 13.0. The number of carbonyl (C=O) groups is 1. The molecule has 0 aliphatic heterocycles. The molecule has 0 radical (unpaired) electrons. The number of hydrogen-bond donors (Lipinski definition) is 1. The van der Waals surface area contributed by atoms with Crippen LogP contribution < -0.4 is 24.3 Å². The molecule has 0 aromatic heterocycles. The number of halogens is 1. The van der Waals surface area contributed by atoms with Gasteiger partial charge in [-0.05, 0) is 53.5 Å². The van der Waals surface area contributed by atoms with E-state index in [1.165, 1.54) is 0 Å². The Labute approximate surface area is 167 Å². The summed E-state index contributed by atoms with van der Waals surface area (Å²) in [5, 5.41) is 2.85. The average molecular weight is 438 g/mol. The number of anilines is 1. The summed E-state index contributed by atoms with van der Waals surface area (Å²) in [7, 11) is 3.11. The minimum Gasteiger partial charge on any atom is -0.497 e. The molecule has 0 spiro atoms. The summed E-state index contributed by atoms with van der Waals surface area (Å²) in [6.45, 7) is 4.93. The van der Waals surface area contributed by atoms with Crippen molar-refractivity contribution >= 4 is 27.5 Å². The number of methoxy groups -OCH3 is 2. The van der Waals surface area contributed by atoms with E-state index < -0.39 is 0 Å². The Hall–Kier alpha value is -2.41. The first-order valence-electron chi connectivity index (χ1n) is 8.66. The number of benzene rings is 2. The van der Waals surface area contributed by atoms with E-state index in [2.05, 4.69) is 21.2 Å². The van der Waals surface area contributed by atoms with E-state index in [4.69, 9.17) is 18.9 Å². The van der Waals surface area contributed by atoms with Crippen molar-refractivity contribution in [1.82, 2.24) is 0 Å². The van der Waals surface area contributed by atoms with Crippen LogP contribution in [0.4, 0.5) is 5.69 Å². The monoisotopic (exact) mass is 437 g/mol. The van der Waals surface area contributed by atoms with Crippen molar-refractivity contribution in [3.63, 3.8) is 0 Å². The molecule has 0 aliphatic rings. The second-order valence-electron chi connectivity index (χ2n) is 5.59. The second-order valence-corrected chi connectivity index (χ2v) is 6.44. The summed E-state index contributed by atoms with van der Waals surface area (Å²) in [6, 6.07) is 8.57. The summed E-state index contributed by atoms with van der Waals surface area (Å²) >= 11 is 3.47. The molecule has 0 heterocycles. The second kappa shape index (κ2) is 10.1. The van der Waals surface area contributed by atoms with Crippen LogP contribution >= 0.6 is 15.9 Å². The molecule has 0 saturated heterocycles. The van der Waals surface area contributed by atoms with Crippen LogP contribution in [0.5, 0.6) is 23.0 Å². The molecule has 0 unspecified atom stereocenters. The predicted octanol–water partition coefficient (Wildman–Crippen LogP) is 4.91. The molecule has 6 nitrogen and oxygen atoms in total. The smallest absolute Gasteiger partial charge is 0.255 e. The fourth-order valence-electron chi connectivity index (χ4n) is 2.41. The Kier molecular flexibility index (Phi) is 7.79. The number of carbonyl (C=O) groups excluding carboxylic acids is 1. The molecule has 0 bridgehead atoms. The molecule has 2 rings (SSSR count). The maximum Gasteiger partial charge on any atom is 0.255 e. The lowest BCUT2D eigenvalue weighted by Crippen LogP contribution is -2.13. The molecular formula is C20H24BrNO5. The third-order valence-electron chi connectivity index (χ3n) is 3.68. The topological polar surface area (TPSA) is 66.0 Å². The first kappa shape index (κ1) is 20.9. The largest absolute Gasteiger partial charge is 0.497 e. The van der Waals surface area contributed by atoms with E-state index in [1.54, 1.807) is 44.6 Å².